The highest BCUT2D eigenvalue weighted by Crippen LogP contribution is 2.64. The fraction of sp³-hybridized carbons (Fsp3) is 0.750. The van der Waals surface area contributed by atoms with Crippen molar-refractivity contribution in [1.29, 1.82) is 0 Å². The third kappa shape index (κ3) is 1.86. The molecule has 22 heavy (non-hydrogen) atoms. The second kappa shape index (κ2) is 5.06. The molecule has 120 valence electrons. The molecule has 3 fully saturated rings. The van der Waals surface area contributed by atoms with E-state index in [1.807, 2.05) is 6.08 Å². The van der Waals surface area contributed by atoms with Gasteiger partial charge in [0.25, 0.3) is 0 Å². The number of rotatable bonds is 1. The van der Waals surface area contributed by atoms with Crippen molar-refractivity contribution in [1.82, 2.24) is 0 Å². The Morgan fingerprint density at radius 2 is 2.09 bits per heavy atom. The maximum absolute atomic E-state index is 11.8. The maximum atomic E-state index is 11.8. The van der Waals surface area contributed by atoms with E-state index < -0.39 is 0 Å². The third-order valence-corrected chi connectivity index (χ3v) is 7.54. The van der Waals surface area contributed by atoms with Gasteiger partial charge in [-0.2, -0.15) is 0 Å². The molecule has 0 radical (unpaired) electrons. The summed E-state index contributed by atoms with van der Waals surface area (Å²) < 4.78 is 0. The molecule has 0 aromatic rings. The Hall–Kier alpha value is -0.890. The fourth-order valence-electron chi connectivity index (χ4n) is 6.60. The largest absolute Gasteiger partial charge is 0.393 e. The average Bonchev–Trinajstić information content (AvgIpc) is 2.84. The fourth-order valence-corrected chi connectivity index (χ4v) is 6.60. The van der Waals surface area contributed by atoms with Gasteiger partial charge >= 0.3 is 0 Å². The highest BCUT2D eigenvalue weighted by atomic mass is 16.3. The molecule has 3 saturated carbocycles. The first-order valence-electron chi connectivity index (χ1n) is 9.16. The van der Waals surface area contributed by atoms with Gasteiger partial charge in [0.2, 0.25) is 0 Å². The van der Waals surface area contributed by atoms with E-state index in [-0.39, 0.29) is 11.5 Å². The van der Waals surface area contributed by atoms with Crippen molar-refractivity contribution < 1.29 is 9.90 Å². The second-order valence-electron chi connectivity index (χ2n) is 8.18. The van der Waals surface area contributed by atoms with Crippen LogP contribution in [-0.4, -0.2) is 17.0 Å². The molecule has 4 aliphatic carbocycles. The molecular weight excluding hydrogens is 272 g/mol. The van der Waals surface area contributed by atoms with E-state index in [1.165, 1.54) is 24.0 Å². The highest BCUT2D eigenvalue weighted by Gasteiger charge is 2.58. The maximum Gasteiger partial charge on any atom is 0.155 e. The number of allylic oxidation sites excluding steroid dienone is 2. The number of hydrogen-bond acceptors (Lipinski definition) is 2. The molecule has 0 aromatic heterocycles. The standard InChI is InChI=1S/C20H28O2/c1-3-20-11-12(2)19-15-7-5-14(21)10-13(15)4-6-16(19)17(20)8-9-18(20)22/h10,15-19,22H,2-9,11H2,1H3/t15-,16-,17-,18?,19+,20-/m0/s1. The smallest absolute Gasteiger partial charge is 0.155 e. The average molecular weight is 300 g/mol. The quantitative estimate of drug-likeness (QED) is 0.742. The molecule has 0 heterocycles. The van der Waals surface area contributed by atoms with Crippen LogP contribution < -0.4 is 0 Å². The lowest BCUT2D eigenvalue weighted by atomic mass is 9.50. The van der Waals surface area contributed by atoms with Crippen LogP contribution >= 0.6 is 0 Å². The number of carbonyl (C=O) groups is 1. The first-order valence-corrected chi connectivity index (χ1v) is 9.16. The monoisotopic (exact) mass is 300 g/mol. The number of carbonyl (C=O) groups excluding carboxylic acids is 1. The van der Waals surface area contributed by atoms with Crippen molar-refractivity contribution in [3.8, 4) is 0 Å². The predicted octanol–water partition coefficient (Wildman–Crippen LogP) is 4.05. The lowest BCUT2D eigenvalue weighted by Gasteiger charge is -2.55. The number of aliphatic hydroxyl groups is 1. The zero-order chi connectivity index (χ0) is 15.5. The Labute approximate surface area is 133 Å². The number of ketones is 1. The molecule has 6 atom stereocenters. The second-order valence-corrected chi connectivity index (χ2v) is 8.18. The van der Waals surface area contributed by atoms with Gasteiger partial charge in [-0.05, 0) is 74.7 Å². The first kappa shape index (κ1) is 14.7. The Bertz CT molecular complexity index is 546. The van der Waals surface area contributed by atoms with Crippen LogP contribution in [0.1, 0.15) is 58.3 Å². The minimum Gasteiger partial charge on any atom is -0.393 e. The molecule has 0 aliphatic heterocycles. The van der Waals surface area contributed by atoms with Crippen molar-refractivity contribution in [2.24, 2.45) is 29.1 Å². The highest BCUT2D eigenvalue weighted by molar-refractivity contribution is 5.91. The summed E-state index contributed by atoms with van der Waals surface area (Å²) in [5, 5.41) is 10.7. The zero-order valence-corrected chi connectivity index (χ0v) is 13.7. The summed E-state index contributed by atoms with van der Waals surface area (Å²) in [7, 11) is 0. The van der Waals surface area contributed by atoms with Gasteiger partial charge < -0.3 is 5.11 Å². The van der Waals surface area contributed by atoms with Crippen molar-refractivity contribution in [2.45, 2.75) is 64.4 Å². The molecule has 4 aliphatic rings. The van der Waals surface area contributed by atoms with Gasteiger partial charge in [0, 0.05) is 11.8 Å². The molecule has 2 nitrogen and oxygen atoms in total. The van der Waals surface area contributed by atoms with E-state index in [0.29, 0.717) is 29.5 Å². The summed E-state index contributed by atoms with van der Waals surface area (Å²) >= 11 is 0. The van der Waals surface area contributed by atoms with Crippen LogP contribution in [-0.2, 0) is 4.79 Å². The van der Waals surface area contributed by atoms with Crippen LogP contribution in [0.5, 0.6) is 0 Å². The molecule has 0 saturated heterocycles. The van der Waals surface area contributed by atoms with Crippen molar-refractivity contribution in [2.75, 3.05) is 0 Å². The Morgan fingerprint density at radius 1 is 1.27 bits per heavy atom. The molecule has 0 bridgehead atoms. The summed E-state index contributed by atoms with van der Waals surface area (Å²) in [5.41, 5.74) is 2.87. The van der Waals surface area contributed by atoms with Gasteiger partial charge in [0.1, 0.15) is 0 Å². The number of hydrogen-bond donors (Lipinski definition) is 1. The molecule has 4 rings (SSSR count). The van der Waals surface area contributed by atoms with Crippen LogP contribution in [0.15, 0.2) is 23.8 Å². The van der Waals surface area contributed by atoms with E-state index in [4.69, 9.17) is 0 Å². The summed E-state index contributed by atoms with van der Waals surface area (Å²) in [6.45, 7) is 6.73. The van der Waals surface area contributed by atoms with E-state index in [1.54, 1.807) is 0 Å². The molecule has 0 amide bonds. The SMILES string of the molecule is C=C1C[C@]2(CC)C(O)CC[C@H]2[C@@H]2CCC3=CC(=O)CC[C@@H]3[C@@H]12. The lowest BCUT2D eigenvalue weighted by molar-refractivity contribution is -0.115. The summed E-state index contributed by atoms with van der Waals surface area (Å²) in [5.74, 6) is 2.82. The molecule has 0 aromatic carbocycles. The van der Waals surface area contributed by atoms with E-state index in [0.717, 1.165) is 38.5 Å². The first-order chi connectivity index (χ1) is 10.6. The molecular formula is C20H28O2. The molecule has 1 N–H and O–H groups in total. The Kier molecular flexibility index (Phi) is 3.38. The topological polar surface area (TPSA) is 37.3 Å². The van der Waals surface area contributed by atoms with Gasteiger partial charge in [-0.3, -0.25) is 4.79 Å². The Morgan fingerprint density at radius 3 is 2.86 bits per heavy atom. The van der Waals surface area contributed by atoms with Crippen LogP contribution in [0.2, 0.25) is 0 Å². The van der Waals surface area contributed by atoms with E-state index >= 15 is 0 Å². The predicted molar refractivity (Wildman–Crippen MR) is 87.2 cm³/mol. The third-order valence-electron chi connectivity index (χ3n) is 7.54. The van der Waals surface area contributed by atoms with E-state index in [2.05, 4.69) is 13.5 Å². The van der Waals surface area contributed by atoms with Crippen LogP contribution in [0.3, 0.4) is 0 Å². The van der Waals surface area contributed by atoms with Crippen LogP contribution in [0, 0.1) is 29.1 Å². The van der Waals surface area contributed by atoms with Gasteiger partial charge in [-0.1, -0.05) is 24.6 Å². The zero-order valence-electron chi connectivity index (χ0n) is 13.7. The van der Waals surface area contributed by atoms with Gasteiger partial charge in [0.15, 0.2) is 5.78 Å². The van der Waals surface area contributed by atoms with Gasteiger partial charge in [-0.25, -0.2) is 0 Å². The van der Waals surface area contributed by atoms with Crippen molar-refractivity contribution in [3.63, 3.8) is 0 Å². The molecule has 0 spiro atoms. The number of fused-ring (bicyclic) bond motifs is 5. The van der Waals surface area contributed by atoms with Crippen LogP contribution in [0.25, 0.3) is 0 Å². The minimum atomic E-state index is -0.134. The summed E-state index contributed by atoms with van der Waals surface area (Å²) in [4.78, 5) is 11.8. The van der Waals surface area contributed by atoms with Gasteiger partial charge in [-0.15, -0.1) is 0 Å². The minimum absolute atomic E-state index is 0.101. The number of aliphatic hydroxyl groups excluding tert-OH is 1. The Balaban J connectivity index is 1.70. The normalized spacial score (nSPS) is 47.5. The van der Waals surface area contributed by atoms with Crippen molar-refractivity contribution in [3.05, 3.63) is 23.8 Å². The van der Waals surface area contributed by atoms with Crippen LogP contribution in [0.4, 0.5) is 0 Å². The lowest BCUT2D eigenvalue weighted by Crippen LogP contribution is -2.49. The summed E-state index contributed by atoms with van der Waals surface area (Å²) in [6, 6.07) is 0. The van der Waals surface area contributed by atoms with Gasteiger partial charge in [0.05, 0.1) is 6.10 Å². The summed E-state index contributed by atoms with van der Waals surface area (Å²) in [6.07, 6.45) is 10.1. The molecule has 1 unspecified atom stereocenters. The molecule has 2 heteroatoms. The van der Waals surface area contributed by atoms with Crippen molar-refractivity contribution >= 4 is 5.78 Å². The van der Waals surface area contributed by atoms with E-state index in [9.17, 15) is 9.90 Å².